The maximum absolute atomic E-state index is 10.4. The highest BCUT2D eigenvalue weighted by Crippen LogP contribution is 1.77. The van der Waals surface area contributed by atoms with Crippen LogP contribution in [0.5, 0.6) is 0 Å². The number of aliphatic hydroxyl groups is 2. The van der Waals surface area contributed by atoms with E-state index in [1.54, 1.807) is 0 Å². The van der Waals surface area contributed by atoms with E-state index >= 15 is 0 Å². The molecule has 0 amide bonds. The van der Waals surface area contributed by atoms with Crippen molar-refractivity contribution in [1.82, 2.24) is 5.32 Å². The molecule has 70 valence electrons. The second-order valence-electron chi connectivity index (χ2n) is 2.06. The quantitative estimate of drug-likeness (QED) is 0.200. The molecule has 0 aromatic rings. The van der Waals surface area contributed by atoms with Crippen LogP contribution in [0.3, 0.4) is 0 Å². The van der Waals surface area contributed by atoms with Crippen LogP contribution >= 0.6 is 0 Å². The lowest BCUT2D eigenvalue weighted by molar-refractivity contribution is -0.137. The maximum atomic E-state index is 10.4. The van der Waals surface area contributed by atoms with Crippen LogP contribution in [-0.4, -0.2) is 42.2 Å². The molecule has 5 nitrogen and oxygen atoms in total. The van der Waals surface area contributed by atoms with Gasteiger partial charge in [0.1, 0.15) is 6.61 Å². The van der Waals surface area contributed by atoms with Crippen molar-refractivity contribution in [2.75, 3.05) is 19.7 Å². The van der Waals surface area contributed by atoms with Crippen LogP contribution in [0, 0.1) is 0 Å². The second kappa shape index (κ2) is 6.78. The first kappa shape index (κ1) is 11.1. The average molecular weight is 175 g/mol. The van der Waals surface area contributed by atoms with Crippen molar-refractivity contribution in [2.45, 2.75) is 6.29 Å². The van der Waals surface area contributed by atoms with Gasteiger partial charge in [-0.15, -0.1) is 0 Å². The molecule has 0 aliphatic carbocycles. The van der Waals surface area contributed by atoms with E-state index in [9.17, 15) is 4.79 Å². The summed E-state index contributed by atoms with van der Waals surface area (Å²) < 4.78 is 4.59. The number of nitrogens with one attached hydrogen (secondary N) is 1. The first-order chi connectivity index (χ1) is 5.66. The predicted molar refractivity (Wildman–Crippen MR) is 42.3 cm³/mol. The molecule has 0 aromatic heterocycles. The van der Waals surface area contributed by atoms with E-state index in [-0.39, 0.29) is 13.2 Å². The molecular formula is C7H13NO4. The summed E-state index contributed by atoms with van der Waals surface area (Å²) in [4.78, 5) is 10.4. The van der Waals surface area contributed by atoms with Gasteiger partial charge in [0.2, 0.25) is 0 Å². The predicted octanol–water partition coefficient (Wildman–Crippen LogP) is -1.38. The number of carbonyl (C=O) groups excluding carboxylic acids is 1. The first-order valence-electron chi connectivity index (χ1n) is 3.53. The summed E-state index contributed by atoms with van der Waals surface area (Å²) in [7, 11) is 0. The van der Waals surface area contributed by atoms with E-state index in [0.29, 0.717) is 6.54 Å². The van der Waals surface area contributed by atoms with Crippen LogP contribution in [0.4, 0.5) is 0 Å². The number of rotatable bonds is 6. The minimum Gasteiger partial charge on any atom is -0.461 e. The number of aliphatic hydroxyl groups excluding tert-OH is 1. The second-order valence-corrected chi connectivity index (χ2v) is 2.06. The first-order valence-corrected chi connectivity index (χ1v) is 3.53. The molecule has 0 aromatic carbocycles. The Labute approximate surface area is 70.7 Å². The van der Waals surface area contributed by atoms with Gasteiger partial charge in [-0.05, 0) is 0 Å². The fraction of sp³-hybridized carbons (Fsp3) is 0.571. The zero-order valence-electron chi connectivity index (χ0n) is 6.69. The Morgan fingerprint density at radius 2 is 2.33 bits per heavy atom. The van der Waals surface area contributed by atoms with Crippen molar-refractivity contribution in [3.63, 3.8) is 0 Å². The van der Waals surface area contributed by atoms with Crippen molar-refractivity contribution in [1.29, 1.82) is 0 Å². The highest BCUT2D eigenvalue weighted by molar-refractivity contribution is 5.81. The maximum Gasteiger partial charge on any atom is 0.330 e. The lowest BCUT2D eigenvalue weighted by atomic mass is 10.5. The Hall–Kier alpha value is -0.910. The highest BCUT2D eigenvalue weighted by atomic mass is 16.5. The van der Waals surface area contributed by atoms with E-state index < -0.39 is 12.3 Å². The molecule has 0 saturated carbocycles. The Kier molecular flexibility index (Phi) is 6.26. The summed E-state index contributed by atoms with van der Waals surface area (Å²) in [6.07, 6.45) is -0.305. The average Bonchev–Trinajstić information content (AvgIpc) is 2.03. The fourth-order valence-electron chi connectivity index (χ4n) is 0.514. The largest absolute Gasteiger partial charge is 0.461 e. The van der Waals surface area contributed by atoms with Gasteiger partial charge in [0.25, 0.3) is 0 Å². The van der Waals surface area contributed by atoms with Gasteiger partial charge in [-0.3, -0.25) is 0 Å². The molecule has 0 unspecified atom stereocenters. The van der Waals surface area contributed by atoms with Crippen LogP contribution in [0.25, 0.3) is 0 Å². The molecule has 0 aliphatic heterocycles. The molecule has 0 radical (unpaired) electrons. The molecule has 0 fully saturated rings. The van der Waals surface area contributed by atoms with Gasteiger partial charge in [0.05, 0.1) is 0 Å². The zero-order valence-corrected chi connectivity index (χ0v) is 6.69. The molecule has 0 rings (SSSR count). The number of ether oxygens (including phenoxy) is 1. The molecule has 0 saturated heterocycles. The smallest absolute Gasteiger partial charge is 0.330 e. The monoisotopic (exact) mass is 175 g/mol. The Morgan fingerprint density at radius 1 is 1.67 bits per heavy atom. The molecule has 0 atom stereocenters. The molecular weight excluding hydrogens is 162 g/mol. The molecule has 0 bridgehead atoms. The van der Waals surface area contributed by atoms with E-state index in [1.165, 1.54) is 0 Å². The van der Waals surface area contributed by atoms with Crippen LogP contribution in [0.2, 0.25) is 0 Å². The van der Waals surface area contributed by atoms with Crippen LogP contribution in [0.1, 0.15) is 0 Å². The summed E-state index contributed by atoms with van der Waals surface area (Å²) in [5.41, 5.74) is 0. The van der Waals surface area contributed by atoms with Gasteiger partial charge in [0, 0.05) is 19.2 Å². The van der Waals surface area contributed by atoms with Crippen molar-refractivity contribution < 1.29 is 19.7 Å². The van der Waals surface area contributed by atoms with Crippen molar-refractivity contribution in [3.05, 3.63) is 12.7 Å². The number of esters is 1. The lowest BCUT2D eigenvalue weighted by Gasteiger charge is -2.05. The molecule has 0 spiro atoms. The third kappa shape index (κ3) is 7.20. The van der Waals surface area contributed by atoms with Crippen molar-refractivity contribution in [2.24, 2.45) is 0 Å². The summed E-state index contributed by atoms with van der Waals surface area (Å²) in [5, 5.41) is 19.4. The summed E-state index contributed by atoms with van der Waals surface area (Å²) in [5.74, 6) is -0.485. The minimum atomic E-state index is -1.37. The standard InChI is InChI=1S/C7H13NO4/c1-2-7(11)12-4-3-8-5-6(9)10/h2,6,8-10H,1,3-5H2. The third-order valence-corrected chi connectivity index (χ3v) is 1.02. The Balaban J connectivity index is 3.11. The molecule has 3 N–H and O–H groups in total. The number of hydrogen-bond donors (Lipinski definition) is 3. The normalized spacial score (nSPS) is 9.92. The topological polar surface area (TPSA) is 78.8 Å². The van der Waals surface area contributed by atoms with E-state index in [1.807, 2.05) is 0 Å². The van der Waals surface area contributed by atoms with Gasteiger partial charge >= 0.3 is 5.97 Å². The molecule has 12 heavy (non-hydrogen) atoms. The van der Waals surface area contributed by atoms with Crippen LogP contribution < -0.4 is 5.32 Å². The lowest BCUT2D eigenvalue weighted by Crippen LogP contribution is -2.29. The molecule has 0 aliphatic rings. The van der Waals surface area contributed by atoms with Gasteiger partial charge in [-0.25, -0.2) is 4.79 Å². The number of hydrogen-bond acceptors (Lipinski definition) is 5. The van der Waals surface area contributed by atoms with Crippen LogP contribution in [-0.2, 0) is 9.53 Å². The Bertz CT molecular complexity index is 146. The van der Waals surface area contributed by atoms with Gasteiger partial charge in [-0.2, -0.15) is 0 Å². The number of carbonyl (C=O) groups is 1. The van der Waals surface area contributed by atoms with Crippen molar-refractivity contribution >= 4 is 5.97 Å². The highest BCUT2D eigenvalue weighted by Gasteiger charge is 1.96. The van der Waals surface area contributed by atoms with E-state index in [0.717, 1.165) is 6.08 Å². The summed E-state index contributed by atoms with van der Waals surface area (Å²) >= 11 is 0. The van der Waals surface area contributed by atoms with Gasteiger partial charge in [-0.1, -0.05) is 6.58 Å². The molecule has 5 heteroatoms. The zero-order chi connectivity index (χ0) is 9.40. The SMILES string of the molecule is C=CC(=O)OCCNCC(O)O. The van der Waals surface area contributed by atoms with Gasteiger partial charge in [0.15, 0.2) is 6.29 Å². The molecule has 0 heterocycles. The van der Waals surface area contributed by atoms with Crippen LogP contribution in [0.15, 0.2) is 12.7 Å². The van der Waals surface area contributed by atoms with Gasteiger partial charge < -0.3 is 20.3 Å². The minimum absolute atomic E-state index is 0.0612. The Morgan fingerprint density at radius 3 is 2.83 bits per heavy atom. The third-order valence-electron chi connectivity index (χ3n) is 1.02. The fourth-order valence-corrected chi connectivity index (χ4v) is 0.514. The summed E-state index contributed by atoms with van der Waals surface area (Å²) in [6.45, 7) is 3.85. The van der Waals surface area contributed by atoms with E-state index in [4.69, 9.17) is 10.2 Å². The van der Waals surface area contributed by atoms with E-state index in [2.05, 4.69) is 16.6 Å². The van der Waals surface area contributed by atoms with Crippen molar-refractivity contribution in [3.8, 4) is 0 Å². The summed E-state index contributed by atoms with van der Waals surface area (Å²) in [6, 6.07) is 0.